The Hall–Kier alpha value is -4.08. The van der Waals surface area contributed by atoms with E-state index < -0.39 is 41.0 Å². The van der Waals surface area contributed by atoms with Crippen LogP contribution in [0.2, 0.25) is 0 Å². The van der Waals surface area contributed by atoms with Crippen LogP contribution in [0.5, 0.6) is 0 Å². The molecule has 3 rings (SSSR count). The summed E-state index contributed by atoms with van der Waals surface area (Å²) >= 11 is 0. The van der Waals surface area contributed by atoms with Crippen LogP contribution in [-0.4, -0.2) is 46.7 Å². The molecular weight excluding hydrogens is 406 g/mol. The van der Waals surface area contributed by atoms with E-state index in [1.54, 1.807) is 18.2 Å². The Morgan fingerprint density at radius 1 is 1.16 bits per heavy atom. The molecule has 31 heavy (non-hydrogen) atoms. The second-order valence-electron chi connectivity index (χ2n) is 7.05. The molecule has 1 atom stereocenters. The highest BCUT2D eigenvalue weighted by Crippen LogP contribution is 2.19. The topological polar surface area (TPSA) is 136 Å². The van der Waals surface area contributed by atoms with Gasteiger partial charge in [-0.3, -0.25) is 39.7 Å². The lowest BCUT2D eigenvalue weighted by atomic mass is 10.1. The van der Waals surface area contributed by atoms with Crippen molar-refractivity contribution >= 4 is 29.3 Å². The molecule has 0 aliphatic carbocycles. The van der Waals surface area contributed by atoms with Crippen molar-refractivity contribution in [3.8, 4) is 0 Å². The van der Waals surface area contributed by atoms with Gasteiger partial charge in [0.1, 0.15) is 0 Å². The molecule has 0 bridgehead atoms. The number of benzene rings is 2. The van der Waals surface area contributed by atoms with Crippen LogP contribution >= 0.6 is 0 Å². The highest BCUT2D eigenvalue weighted by atomic mass is 16.6. The molecule has 0 unspecified atom stereocenters. The number of ether oxygens (including phenoxy) is 1. The highest BCUT2D eigenvalue weighted by molar-refractivity contribution is 5.99. The standard InChI is InChI=1S/C21H19N3O7/c1-13-3-2-4-15(9-13)20(27)22-23-11-16(10-19(23)26)21(28)31-12-18(25)14-5-7-17(8-6-14)24(29)30/h2-9,16H,10-12H2,1H3,(H,22,27)/t16-/m0/s1. The third-order valence-corrected chi connectivity index (χ3v) is 4.72. The Labute approximate surface area is 176 Å². The first-order chi connectivity index (χ1) is 14.7. The largest absolute Gasteiger partial charge is 0.457 e. The normalized spacial score (nSPS) is 15.5. The van der Waals surface area contributed by atoms with Crippen LogP contribution in [0.3, 0.4) is 0 Å². The number of ketones is 1. The summed E-state index contributed by atoms with van der Waals surface area (Å²) < 4.78 is 5.01. The van der Waals surface area contributed by atoms with Crippen molar-refractivity contribution in [3.05, 3.63) is 75.3 Å². The molecule has 1 saturated heterocycles. The molecule has 0 radical (unpaired) electrons. The molecule has 0 spiro atoms. The minimum atomic E-state index is -0.824. The molecule has 2 amide bonds. The number of nitro groups is 1. The van der Waals surface area contributed by atoms with E-state index in [4.69, 9.17) is 4.74 Å². The lowest BCUT2D eigenvalue weighted by molar-refractivity contribution is -0.384. The number of hydrogen-bond acceptors (Lipinski definition) is 7. The smallest absolute Gasteiger partial charge is 0.311 e. The SMILES string of the molecule is Cc1cccc(C(=O)NN2C[C@@H](C(=O)OCC(=O)c3ccc([N+](=O)[O-])cc3)CC2=O)c1. The maximum Gasteiger partial charge on any atom is 0.311 e. The van der Waals surface area contributed by atoms with Gasteiger partial charge >= 0.3 is 5.97 Å². The average Bonchev–Trinajstić information content (AvgIpc) is 3.12. The number of nitro benzene ring substituents is 1. The fourth-order valence-electron chi connectivity index (χ4n) is 3.05. The van der Waals surface area contributed by atoms with E-state index in [-0.39, 0.29) is 24.2 Å². The van der Waals surface area contributed by atoms with E-state index in [0.29, 0.717) is 5.56 Å². The van der Waals surface area contributed by atoms with Crippen molar-refractivity contribution in [2.75, 3.05) is 13.2 Å². The Morgan fingerprint density at radius 3 is 2.52 bits per heavy atom. The maximum atomic E-state index is 12.3. The van der Waals surface area contributed by atoms with Crippen molar-refractivity contribution in [3.63, 3.8) is 0 Å². The second-order valence-corrected chi connectivity index (χ2v) is 7.05. The maximum absolute atomic E-state index is 12.3. The van der Waals surface area contributed by atoms with Gasteiger partial charge in [0.15, 0.2) is 12.4 Å². The van der Waals surface area contributed by atoms with Crippen LogP contribution in [0.15, 0.2) is 48.5 Å². The van der Waals surface area contributed by atoms with Crippen molar-refractivity contribution in [2.24, 2.45) is 5.92 Å². The van der Waals surface area contributed by atoms with Crippen LogP contribution in [0, 0.1) is 23.0 Å². The average molecular weight is 425 g/mol. The number of aryl methyl sites for hydroxylation is 1. The van der Waals surface area contributed by atoms with Crippen LogP contribution < -0.4 is 5.43 Å². The highest BCUT2D eigenvalue weighted by Gasteiger charge is 2.36. The molecule has 0 aromatic heterocycles. The van der Waals surface area contributed by atoms with E-state index in [0.717, 1.165) is 10.6 Å². The molecule has 1 heterocycles. The van der Waals surface area contributed by atoms with Crippen LogP contribution in [0.25, 0.3) is 0 Å². The Kier molecular flexibility index (Phi) is 6.39. The summed E-state index contributed by atoms with van der Waals surface area (Å²) in [5.41, 5.74) is 3.75. The Morgan fingerprint density at radius 2 is 1.87 bits per heavy atom. The molecule has 0 saturated carbocycles. The van der Waals surface area contributed by atoms with Gasteiger partial charge in [0, 0.05) is 29.7 Å². The number of amides is 2. The van der Waals surface area contributed by atoms with Crippen molar-refractivity contribution in [2.45, 2.75) is 13.3 Å². The van der Waals surface area contributed by atoms with E-state index in [1.807, 2.05) is 13.0 Å². The first-order valence-corrected chi connectivity index (χ1v) is 9.37. The van der Waals surface area contributed by atoms with Gasteiger partial charge in [-0.05, 0) is 31.2 Å². The van der Waals surface area contributed by atoms with Crippen molar-refractivity contribution < 1.29 is 28.8 Å². The van der Waals surface area contributed by atoms with Gasteiger partial charge in [0.2, 0.25) is 5.91 Å². The number of hydrazine groups is 1. The zero-order chi connectivity index (χ0) is 22.5. The number of nitrogens with zero attached hydrogens (tertiary/aromatic N) is 2. The summed E-state index contributed by atoms with van der Waals surface area (Å²) in [5, 5.41) is 11.7. The fourth-order valence-corrected chi connectivity index (χ4v) is 3.05. The number of nitrogens with one attached hydrogen (secondary N) is 1. The zero-order valence-electron chi connectivity index (χ0n) is 16.6. The Bertz CT molecular complexity index is 1050. The van der Waals surface area contributed by atoms with Gasteiger partial charge in [0.05, 0.1) is 17.4 Å². The monoisotopic (exact) mass is 425 g/mol. The van der Waals surface area contributed by atoms with Gasteiger partial charge < -0.3 is 4.74 Å². The third kappa shape index (κ3) is 5.30. The number of carbonyl (C=O) groups is 4. The molecule has 10 nitrogen and oxygen atoms in total. The number of Topliss-reactive ketones (excluding diaryl/α,β-unsaturated/α-hetero) is 1. The molecular formula is C21H19N3O7. The number of rotatable bonds is 7. The lowest BCUT2D eigenvalue weighted by Crippen LogP contribution is -2.43. The van der Waals surface area contributed by atoms with Gasteiger partial charge in [-0.2, -0.15) is 0 Å². The molecule has 10 heteroatoms. The summed E-state index contributed by atoms with van der Waals surface area (Å²) in [6, 6.07) is 11.7. The zero-order valence-corrected chi connectivity index (χ0v) is 16.6. The summed E-state index contributed by atoms with van der Waals surface area (Å²) in [4.78, 5) is 58.9. The van der Waals surface area contributed by atoms with Crippen molar-refractivity contribution in [1.82, 2.24) is 10.4 Å². The van der Waals surface area contributed by atoms with E-state index in [2.05, 4.69) is 5.43 Å². The van der Waals surface area contributed by atoms with Gasteiger partial charge in [0.25, 0.3) is 11.6 Å². The predicted molar refractivity (Wildman–Crippen MR) is 107 cm³/mol. The van der Waals surface area contributed by atoms with E-state index in [9.17, 15) is 29.3 Å². The molecule has 2 aromatic carbocycles. The second kappa shape index (κ2) is 9.16. The molecule has 1 fully saturated rings. The Balaban J connectivity index is 1.52. The lowest BCUT2D eigenvalue weighted by Gasteiger charge is -2.17. The number of esters is 1. The van der Waals surface area contributed by atoms with Gasteiger partial charge in [-0.15, -0.1) is 0 Å². The summed E-state index contributed by atoms with van der Waals surface area (Å²) in [7, 11) is 0. The number of carbonyl (C=O) groups excluding carboxylic acids is 4. The van der Waals surface area contributed by atoms with Gasteiger partial charge in [-0.25, -0.2) is 0 Å². The summed E-state index contributed by atoms with van der Waals surface area (Å²) in [5.74, 6) is -3.01. The van der Waals surface area contributed by atoms with E-state index in [1.165, 1.54) is 24.3 Å². The van der Waals surface area contributed by atoms with Crippen LogP contribution in [0.4, 0.5) is 5.69 Å². The quantitative estimate of drug-likeness (QED) is 0.309. The molecule has 1 aliphatic heterocycles. The van der Waals surface area contributed by atoms with Gasteiger partial charge in [-0.1, -0.05) is 17.7 Å². The fraction of sp³-hybridized carbons (Fsp3) is 0.238. The van der Waals surface area contributed by atoms with Crippen molar-refractivity contribution in [1.29, 1.82) is 0 Å². The summed E-state index contributed by atoms with van der Waals surface area (Å²) in [6.07, 6.45) is -0.154. The summed E-state index contributed by atoms with van der Waals surface area (Å²) in [6.45, 7) is 1.21. The van der Waals surface area contributed by atoms with E-state index >= 15 is 0 Å². The third-order valence-electron chi connectivity index (χ3n) is 4.72. The first kappa shape index (κ1) is 21.6. The van der Waals surface area contributed by atoms with Crippen LogP contribution in [-0.2, 0) is 14.3 Å². The predicted octanol–water partition coefficient (Wildman–Crippen LogP) is 1.82. The molecule has 1 aliphatic rings. The first-order valence-electron chi connectivity index (χ1n) is 9.37. The number of non-ortho nitro benzene ring substituents is 1. The molecule has 2 aromatic rings. The van der Waals surface area contributed by atoms with Crippen LogP contribution in [0.1, 0.15) is 32.7 Å². The minimum Gasteiger partial charge on any atom is -0.457 e. The number of hydrogen-bond donors (Lipinski definition) is 1. The minimum absolute atomic E-state index is 0.0685. The molecule has 160 valence electrons. The molecule has 1 N–H and O–H groups in total.